The molecule has 0 bridgehead atoms. The van der Waals surface area contributed by atoms with E-state index in [1.165, 1.54) is 11.1 Å². The molecular weight excluding hydrogens is 254 g/mol. The van der Waals surface area contributed by atoms with Crippen LogP contribution in [0, 0.1) is 0 Å². The minimum Gasteiger partial charge on any atom is -0.236 e. The lowest BCUT2D eigenvalue weighted by atomic mass is 10.0. The summed E-state index contributed by atoms with van der Waals surface area (Å²) in [5.41, 5.74) is 4.35. The van der Waals surface area contributed by atoms with Crippen LogP contribution in [0.25, 0.3) is 22.4 Å². The molecule has 0 atom stereocenters. The Labute approximate surface area is 117 Å². The largest absolute Gasteiger partial charge is 0.236 e. The summed E-state index contributed by atoms with van der Waals surface area (Å²) in [7, 11) is 0. The van der Waals surface area contributed by atoms with Crippen molar-refractivity contribution in [3.63, 3.8) is 0 Å². The maximum absolute atomic E-state index is 5.94. The fourth-order valence-electron chi connectivity index (χ4n) is 2.06. The number of halogens is 1. The zero-order valence-electron chi connectivity index (χ0n) is 10.3. The third-order valence-corrected chi connectivity index (χ3v) is 3.19. The summed E-state index contributed by atoms with van der Waals surface area (Å²) in [6.45, 7) is 0. The standard InChI is InChI=1S/C17H12ClN/c18-17-11-5-10-16(19-17)15-9-4-8-14(12-15)13-6-2-1-3-7-13/h1-12H. The van der Waals surface area contributed by atoms with Gasteiger partial charge >= 0.3 is 0 Å². The van der Waals surface area contributed by atoms with Gasteiger partial charge in [-0.1, -0.05) is 66.2 Å². The molecule has 0 aliphatic heterocycles. The van der Waals surface area contributed by atoms with E-state index in [-0.39, 0.29) is 0 Å². The van der Waals surface area contributed by atoms with Gasteiger partial charge in [0.15, 0.2) is 0 Å². The summed E-state index contributed by atoms with van der Waals surface area (Å²) in [5, 5.41) is 0.516. The van der Waals surface area contributed by atoms with Crippen molar-refractivity contribution in [1.29, 1.82) is 0 Å². The molecule has 0 fully saturated rings. The van der Waals surface area contributed by atoms with Gasteiger partial charge in [0.1, 0.15) is 5.15 Å². The van der Waals surface area contributed by atoms with E-state index in [9.17, 15) is 0 Å². The minimum atomic E-state index is 0.516. The molecule has 1 nitrogen and oxygen atoms in total. The maximum Gasteiger partial charge on any atom is 0.129 e. The number of aromatic nitrogens is 1. The van der Waals surface area contributed by atoms with E-state index in [4.69, 9.17) is 11.6 Å². The van der Waals surface area contributed by atoms with Crippen molar-refractivity contribution in [2.75, 3.05) is 0 Å². The van der Waals surface area contributed by atoms with Gasteiger partial charge in [0.25, 0.3) is 0 Å². The lowest BCUT2D eigenvalue weighted by Gasteiger charge is -2.05. The van der Waals surface area contributed by atoms with Crippen molar-refractivity contribution in [1.82, 2.24) is 4.98 Å². The van der Waals surface area contributed by atoms with Gasteiger partial charge < -0.3 is 0 Å². The Morgan fingerprint density at radius 1 is 0.632 bits per heavy atom. The van der Waals surface area contributed by atoms with E-state index < -0.39 is 0 Å². The highest BCUT2D eigenvalue weighted by molar-refractivity contribution is 6.29. The number of hydrogen-bond acceptors (Lipinski definition) is 1. The molecule has 92 valence electrons. The fourth-order valence-corrected chi connectivity index (χ4v) is 2.22. The van der Waals surface area contributed by atoms with Crippen LogP contribution in [-0.2, 0) is 0 Å². The highest BCUT2D eigenvalue weighted by Gasteiger charge is 2.02. The molecule has 0 radical (unpaired) electrons. The highest BCUT2D eigenvalue weighted by atomic mass is 35.5. The average molecular weight is 266 g/mol. The first-order chi connectivity index (χ1) is 9.33. The molecule has 0 aliphatic rings. The van der Waals surface area contributed by atoms with Crippen LogP contribution in [0.4, 0.5) is 0 Å². The molecule has 0 amide bonds. The van der Waals surface area contributed by atoms with Gasteiger partial charge in [-0.25, -0.2) is 4.98 Å². The maximum atomic E-state index is 5.94. The summed E-state index contributed by atoms with van der Waals surface area (Å²) < 4.78 is 0. The van der Waals surface area contributed by atoms with Crippen LogP contribution in [0.15, 0.2) is 72.8 Å². The quantitative estimate of drug-likeness (QED) is 0.590. The molecule has 0 unspecified atom stereocenters. The van der Waals surface area contributed by atoms with Crippen LogP contribution in [0.1, 0.15) is 0 Å². The molecule has 1 aromatic heterocycles. The summed E-state index contributed by atoms with van der Waals surface area (Å²) >= 11 is 5.94. The predicted octanol–water partition coefficient (Wildman–Crippen LogP) is 5.07. The van der Waals surface area contributed by atoms with E-state index >= 15 is 0 Å². The molecule has 3 rings (SSSR count). The van der Waals surface area contributed by atoms with Crippen LogP contribution >= 0.6 is 11.6 Å². The van der Waals surface area contributed by atoms with Crippen LogP contribution in [0.5, 0.6) is 0 Å². The SMILES string of the molecule is Clc1cccc(-c2cccc(-c3ccccc3)c2)n1. The Kier molecular flexibility index (Phi) is 3.30. The molecule has 0 N–H and O–H groups in total. The molecule has 3 aromatic rings. The molecule has 0 saturated heterocycles. The lowest BCUT2D eigenvalue weighted by molar-refractivity contribution is 1.33. The zero-order valence-corrected chi connectivity index (χ0v) is 11.0. The second kappa shape index (κ2) is 5.25. The molecule has 0 aliphatic carbocycles. The zero-order chi connectivity index (χ0) is 13.1. The van der Waals surface area contributed by atoms with Gasteiger partial charge in [-0.05, 0) is 29.3 Å². The van der Waals surface area contributed by atoms with Crippen LogP contribution in [0.3, 0.4) is 0 Å². The van der Waals surface area contributed by atoms with Gasteiger partial charge in [0.2, 0.25) is 0 Å². The van der Waals surface area contributed by atoms with Gasteiger partial charge in [-0.2, -0.15) is 0 Å². The van der Waals surface area contributed by atoms with Crippen LogP contribution in [-0.4, -0.2) is 4.98 Å². The third kappa shape index (κ3) is 2.67. The van der Waals surface area contributed by atoms with Crippen LogP contribution < -0.4 is 0 Å². The van der Waals surface area contributed by atoms with E-state index in [2.05, 4.69) is 29.2 Å². The van der Waals surface area contributed by atoms with Crippen molar-refractivity contribution in [3.05, 3.63) is 77.9 Å². The van der Waals surface area contributed by atoms with Crippen molar-refractivity contribution < 1.29 is 0 Å². The van der Waals surface area contributed by atoms with Gasteiger partial charge in [0, 0.05) is 5.56 Å². The first-order valence-electron chi connectivity index (χ1n) is 6.11. The Hall–Kier alpha value is -2.12. The normalized spacial score (nSPS) is 10.4. The van der Waals surface area contributed by atoms with E-state index in [1.54, 1.807) is 6.07 Å². The summed E-state index contributed by atoms with van der Waals surface area (Å²) in [6.07, 6.45) is 0. The second-order valence-corrected chi connectivity index (χ2v) is 4.68. The number of nitrogens with zero attached hydrogens (tertiary/aromatic N) is 1. The number of hydrogen-bond donors (Lipinski definition) is 0. The summed E-state index contributed by atoms with van der Waals surface area (Å²) in [4.78, 5) is 4.34. The van der Waals surface area contributed by atoms with Crippen molar-refractivity contribution in [2.45, 2.75) is 0 Å². The Morgan fingerprint density at radius 3 is 2.11 bits per heavy atom. The third-order valence-electron chi connectivity index (χ3n) is 2.98. The summed E-state index contributed by atoms with van der Waals surface area (Å²) in [6, 6.07) is 24.3. The van der Waals surface area contributed by atoms with E-state index in [0.717, 1.165) is 11.3 Å². The van der Waals surface area contributed by atoms with E-state index in [1.807, 2.05) is 42.5 Å². The number of benzene rings is 2. The minimum absolute atomic E-state index is 0.516. The molecule has 0 spiro atoms. The molecular formula is C17H12ClN. The highest BCUT2D eigenvalue weighted by Crippen LogP contribution is 2.25. The Morgan fingerprint density at radius 2 is 1.32 bits per heavy atom. The molecule has 2 aromatic carbocycles. The van der Waals surface area contributed by atoms with Gasteiger partial charge in [-0.3, -0.25) is 0 Å². The van der Waals surface area contributed by atoms with Gasteiger partial charge in [-0.15, -0.1) is 0 Å². The lowest BCUT2D eigenvalue weighted by Crippen LogP contribution is -1.84. The van der Waals surface area contributed by atoms with E-state index in [0.29, 0.717) is 5.15 Å². The topological polar surface area (TPSA) is 12.9 Å². The number of pyridine rings is 1. The second-order valence-electron chi connectivity index (χ2n) is 4.29. The fraction of sp³-hybridized carbons (Fsp3) is 0. The first kappa shape index (κ1) is 11.9. The van der Waals surface area contributed by atoms with Crippen molar-refractivity contribution in [2.24, 2.45) is 0 Å². The Balaban J connectivity index is 2.06. The van der Waals surface area contributed by atoms with Gasteiger partial charge in [0.05, 0.1) is 5.69 Å². The molecule has 1 heterocycles. The van der Waals surface area contributed by atoms with Crippen LogP contribution in [0.2, 0.25) is 5.15 Å². The summed E-state index contributed by atoms with van der Waals surface area (Å²) in [5.74, 6) is 0. The first-order valence-corrected chi connectivity index (χ1v) is 6.49. The van der Waals surface area contributed by atoms with Crippen molar-refractivity contribution in [3.8, 4) is 22.4 Å². The smallest absolute Gasteiger partial charge is 0.129 e. The monoisotopic (exact) mass is 265 g/mol. The number of rotatable bonds is 2. The average Bonchev–Trinajstić information content (AvgIpc) is 2.48. The molecule has 19 heavy (non-hydrogen) atoms. The van der Waals surface area contributed by atoms with Crippen molar-refractivity contribution >= 4 is 11.6 Å². The Bertz CT molecular complexity index is 692. The molecule has 0 saturated carbocycles. The predicted molar refractivity (Wildman–Crippen MR) is 80.1 cm³/mol. The molecule has 2 heteroatoms.